The summed E-state index contributed by atoms with van der Waals surface area (Å²) in [6, 6.07) is 44.8. The Morgan fingerprint density at radius 3 is 1.94 bits per heavy atom. The molecule has 308 valence electrons. The van der Waals surface area contributed by atoms with Gasteiger partial charge in [0.15, 0.2) is 0 Å². The minimum Gasteiger partial charge on any atom is -0.318 e. The van der Waals surface area contributed by atoms with Gasteiger partial charge in [-0.3, -0.25) is 0 Å². The van der Waals surface area contributed by atoms with Crippen LogP contribution < -0.4 is 9.80 Å². The van der Waals surface area contributed by atoms with Gasteiger partial charge in [0, 0.05) is 46.0 Å². The van der Waals surface area contributed by atoms with Crippen LogP contribution in [0.25, 0.3) is 17.2 Å². The number of fused-ring (bicyclic) bond motifs is 4. The van der Waals surface area contributed by atoms with E-state index in [0.29, 0.717) is 0 Å². The first-order chi connectivity index (χ1) is 29.9. The minimum atomic E-state index is -0.151. The number of benzene rings is 5. The van der Waals surface area contributed by atoms with Gasteiger partial charge in [-0.1, -0.05) is 194 Å². The van der Waals surface area contributed by atoms with Crippen molar-refractivity contribution in [2.24, 2.45) is 5.92 Å². The summed E-state index contributed by atoms with van der Waals surface area (Å²) >= 11 is 0. The van der Waals surface area contributed by atoms with Crippen molar-refractivity contribution in [2.75, 3.05) is 9.80 Å². The predicted octanol–water partition coefficient (Wildman–Crippen LogP) is 15.7. The average Bonchev–Trinajstić information content (AvgIpc) is 3.65. The smallest absolute Gasteiger partial charge is 0.0464 e. The Balaban J connectivity index is 1.20. The maximum absolute atomic E-state index is 4.60. The molecule has 0 saturated heterocycles. The summed E-state index contributed by atoms with van der Waals surface area (Å²) in [5, 5.41) is 0. The highest BCUT2D eigenvalue weighted by Crippen LogP contribution is 2.52. The molecule has 2 aliphatic rings. The lowest BCUT2D eigenvalue weighted by Gasteiger charge is -2.29. The van der Waals surface area contributed by atoms with Crippen molar-refractivity contribution in [2.45, 2.75) is 44.4 Å². The SMILES string of the molecule is C=C/C=C(\C=C)N(C(=C)/C=C\C(=C)C(/C=C\C(=C)N(/C=C/C1C(C=C)c2ccccc2C1(C)C)c1ccccc1)=C\c1ccccc1)c1ccc2c(c1)C(C)(C)c1ccccc1-2. The molecule has 0 aromatic heterocycles. The molecule has 2 unspecified atom stereocenters. The maximum Gasteiger partial charge on any atom is 0.0464 e. The van der Waals surface area contributed by atoms with Crippen molar-refractivity contribution >= 4 is 17.5 Å². The molecule has 2 aliphatic carbocycles. The van der Waals surface area contributed by atoms with E-state index in [1.807, 2.05) is 48.6 Å². The van der Waals surface area contributed by atoms with Crippen LogP contribution in [0.3, 0.4) is 0 Å². The zero-order chi connectivity index (χ0) is 44.0. The summed E-state index contributed by atoms with van der Waals surface area (Å²) in [7, 11) is 0. The van der Waals surface area contributed by atoms with Gasteiger partial charge in [-0.2, -0.15) is 0 Å². The molecule has 5 aromatic carbocycles. The van der Waals surface area contributed by atoms with Crippen LogP contribution in [0, 0.1) is 5.92 Å². The molecular weight excluding hydrogens is 749 g/mol. The quantitative estimate of drug-likeness (QED) is 0.0724. The number of allylic oxidation sites excluding steroid dienone is 11. The Morgan fingerprint density at radius 2 is 1.24 bits per heavy atom. The Kier molecular flexibility index (Phi) is 12.6. The maximum atomic E-state index is 4.60. The van der Waals surface area contributed by atoms with Gasteiger partial charge >= 0.3 is 0 Å². The van der Waals surface area contributed by atoms with Crippen LogP contribution in [-0.2, 0) is 10.8 Å². The number of nitrogens with zero attached hydrogens (tertiary/aromatic N) is 2. The fourth-order valence-electron chi connectivity index (χ4n) is 9.22. The van der Waals surface area contributed by atoms with Crippen molar-refractivity contribution in [3.63, 3.8) is 0 Å². The number of anilines is 2. The van der Waals surface area contributed by atoms with Gasteiger partial charge in [-0.15, -0.1) is 6.58 Å². The summed E-state index contributed by atoms with van der Waals surface area (Å²) in [5.74, 6) is 0.426. The van der Waals surface area contributed by atoms with Crippen LogP contribution in [0.4, 0.5) is 11.4 Å². The average molecular weight is 807 g/mol. The Morgan fingerprint density at radius 1 is 0.613 bits per heavy atom. The van der Waals surface area contributed by atoms with E-state index in [-0.39, 0.29) is 22.7 Å². The number of para-hydroxylation sites is 1. The highest BCUT2D eigenvalue weighted by molar-refractivity contribution is 5.83. The summed E-state index contributed by atoms with van der Waals surface area (Å²) in [6.07, 6.45) is 22.6. The summed E-state index contributed by atoms with van der Waals surface area (Å²) in [5.41, 5.74) is 14.9. The highest BCUT2D eigenvalue weighted by Gasteiger charge is 2.43. The number of rotatable bonds is 16. The van der Waals surface area contributed by atoms with Crippen molar-refractivity contribution in [1.29, 1.82) is 0 Å². The van der Waals surface area contributed by atoms with Crippen LogP contribution in [0.5, 0.6) is 0 Å². The van der Waals surface area contributed by atoms with Crippen molar-refractivity contribution in [3.8, 4) is 11.1 Å². The fraction of sp³-hybridized carbons (Fsp3) is 0.133. The highest BCUT2D eigenvalue weighted by atomic mass is 15.1. The van der Waals surface area contributed by atoms with E-state index in [1.165, 1.54) is 33.4 Å². The topological polar surface area (TPSA) is 6.48 Å². The first kappa shape index (κ1) is 42.9. The van der Waals surface area contributed by atoms with Crippen LogP contribution >= 0.6 is 0 Å². The molecule has 2 atom stereocenters. The van der Waals surface area contributed by atoms with Gasteiger partial charge in [0.05, 0.1) is 0 Å². The molecule has 5 aromatic rings. The molecule has 0 spiro atoms. The third kappa shape index (κ3) is 8.42. The zero-order valence-corrected chi connectivity index (χ0v) is 36.8. The molecule has 0 aliphatic heterocycles. The Hall–Kier alpha value is -7.16. The van der Waals surface area contributed by atoms with Gasteiger partial charge < -0.3 is 9.80 Å². The summed E-state index contributed by atoms with van der Waals surface area (Å²) in [4.78, 5) is 4.29. The molecule has 0 N–H and O–H groups in total. The van der Waals surface area contributed by atoms with E-state index in [4.69, 9.17) is 0 Å². The predicted molar refractivity (Wildman–Crippen MR) is 269 cm³/mol. The lowest BCUT2D eigenvalue weighted by molar-refractivity contribution is 0.396. The second-order valence-electron chi connectivity index (χ2n) is 17.1. The molecule has 0 saturated carbocycles. The third-order valence-electron chi connectivity index (χ3n) is 12.6. The van der Waals surface area contributed by atoms with E-state index >= 15 is 0 Å². The van der Waals surface area contributed by atoms with Gasteiger partial charge in [-0.25, -0.2) is 0 Å². The Labute approximate surface area is 371 Å². The van der Waals surface area contributed by atoms with Crippen LogP contribution in [0.1, 0.15) is 61.4 Å². The molecule has 0 heterocycles. The first-order valence-corrected chi connectivity index (χ1v) is 21.3. The lowest BCUT2D eigenvalue weighted by atomic mass is 9.76. The molecule has 0 bridgehead atoms. The van der Waals surface area contributed by atoms with E-state index in [0.717, 1.165) is 45.2 Å². The van der Waals surface area contributed by atoms with E-state index in [1.54, 1.807) is 6.08 Å². The van der Waals surface area contributed by atoms with Crippen LogP contribution in [0.2, 0.25) is 0 Å². The summed E-state index contributed by atoms with van der Waals surface area (Å²) < 4.78 is 0. The van der Waals surface area contributed by atoms with Crippen LogP contribution in [0.15, 0.2) is 256 Å². The largest absolute Gasteiger partial charge is 0.318 e. The monoisotopic (exact) mass is 806 g/mol. The molecule has 62 heavy (non-hydrogen) atoms. The summed E-state index contributed by atoms with van der Waals surface area (Å²) in [6.45, 7) is 35.5. The van der Waals surface area contributed by atoms with Gasteiger partial charge in [0.2, 0.25) is 0 Å². The lowest BCUT2D eigenvalue weighted by Crippen LogP contribution is -2.25. The van der Waals surface area contributed by atoms with Crippen molar-refractivity contribution in [1.82, 2.24) is 0 Å². The van der Waals surface area contributed by atoms with Crippen LogP contribution in [-0.4, -0.2) is 0 Å². The standard InChI is InChI=1S/C60H58N2/c1-11-24-48(12-2)62(50-37-38-54-53-30-21-23-32-56(53)60(9,10)58(54)42-50)45(6)34-33-43(4)47(41-46-25-16-14-17-26-46)36-35-44(5)61(49-27-18-15-19-28-49)40-39-57-51(13-3)52-29-20-22-31-55(52)59(57,7)8/h11-42,51,57H,1-6H2,7-10H3/b34-33-,36-35-,40-39+,47-41-,48-24+. The first-order valence-electron chi connectivity index (χ1n) is 21.3. The Bertz CT molecular complexity index is 2690. The zero-order valence-electron chi connectivity index (χ0n) is 36.8. The molecule has 0 fully saturated rings. The molecule has 0 radical (unpaired) electrons. The van der Waals surface area contributed by atoms with E-state index in [2.05, 4.69) is 217 Å². The molecule has 7 rings (SSSR count). The molecule has 2 heteroatoms. The van der Waals surface area contributed by atoms with Crippen molar-refractivity contribution in [3.05, 3.63) is 284 Å². The normalized spacial score (nSPS) is 17.4. The molecule has 2 nitrogen and oxygen atoms in total. The molecule has 0 amide bonds. The number of hydrogen-bond acceptors (Lipinski definition) is 2. The van der Waals surface area contributed by atoms with Gasteiger partial charge in [0.25, 0.3) is 0 Å². The van der Waals surface area contributed by atoms with Gasteiger partial charge in [-0.05, 0) is 116 Å². The fourth-order valence-corrected chi connectivity index (χ4v) is 9.22. The minimum absolute atomic E-state index is 0.0718. The van der Waals surface area contributed by atoms with E-state index < -0.39 is 0 Å². The second kappa shape index (κ2) is 18.2. The third-order valence-corrected chi connectivity index (χ3v) is 12.6. The molecular formula is C60H58N2. The van der Waals surface area contributed by atoms with Crippen molar-refractivity contribution < 1.29 is 0 Å². The second-order valence-corrected chi connectivity index (χ2v) is 17.1. The van der Waals surface area contributed by atoms with E-state index in [9.17, 15) is 0 Å². The number of hydrogen-bond donors (Lipinski definition) is 0. The van der Waals surface area contributed by atoms with Gasteiger partial charge in [0.1, 0.15) is 0 Å².